The van der Waals surface area contributed by atoms with Gasteiger partial charge in [-0.3, -0.25) is 0 Å². The van der Waals surface area contributed by atoms with Gasteiger partial charge in [0.15, 0.2) is 5.58 Å². The Hall–Kier alpha value is -2.76. The third-order valence-electron chi connectivity index (χ3n) is 3.44. The van der Waals surface area contributed by atoms with E-state index in [0.717, 1.165) is 16.5 Å². The fourth-order valence-corrected chi connectivity index (χ4v) is 2.58. The molecule has 0 aliphatic heterocycles. The Kier molecular flexibility index (Phi) is 3.07. The number of hydrogen-bond donors (Lipinski definition) is 0. The van der Waals surface area contributed by atoms with E-state index in [1.54, 1.807) is 18.2 Å². The maximum Gasteiger partial charge on any atom is 0.274 e. The van der Waals surface area contributed by atoms with Crippen LogP contribution in [0.5, 0.6) is 0 Å². The smallest absolute Gasteiger partial charge is 0.274 e. The highest BCUT2D eigenvalue weighted by atomic mass is 35.5. The van der Waals surface area contributed by atoms with Gasteiger partial charge in [0, 0.05) is 10.6 Å². The molecular formula is C19H10ClNO. The molecule has 0 saturated heterocycles. The number of nitrogens with zero attached hydrogens (tertiary/aromatic N) is 1. The fraction of sp³-hybridized carbons (Fsp3) is 0. The lowest BCUT2D eigenvalue weighted by Crippen LogP contribution is -1.79. The standard InChI is InChI=1S/C19H10ClNO/c20-15-9-10-18-17(12-15)21-19(22-18)11-8-14-6-3-5-13-4-1-2-7-16(13)14/h1-7,9-10,12H. The van der Waals surface area contributed by atoms with Crippen molar-refractivity contribution in [3.8, 4) is 11.8 Å². The molecule has 22 heavy (non-hydrogen) atoms. The molecule has 1 aromatic heterocycles. The van der Waals surface area contributed by atoms with E-state index in [1.165, 1.54) is 5.39 Å². The maximum absolute atomic E-state index is 5.95. The molecule has 0 bridgehead atoms. The van der Waals surface area contributed by atoms with Crippen molar-refractivity contribution in [3.63, 3.8) is 0 Å². The van der Waals surface area contributed by atoms with Crippen molar-refractivity contribution in [3.05, 3.63) is 77.1 Å². The average Bonchev–Trinajstić information content (AvgIpc) is 2.95. The average molecular weight is 304 g/mol. The normalized spacial score (nSPS) is 10.6. The van der Waals surface area contributed by atoms with Crippen molar-refractivity contribution in [2.75, 3.05) is 0 Å². The summed E-state index contributed by atoms with van der Waals surface area (Å²) in [5, 5.41) is 2.92. The number of aromatic nitrogens is 1. The zero-order valence-electron chi connectivity index (χ0n) is 11.5. The monoisotopic (exact) mass is 303 g/mol. The number of oxazole rings is 1. The molecule has 0 atom stereocenters. The fourth-order valence-electron chi connectivity index (χ4n) is 2.41. The minimum atomic E-state index is 0.394. The van der Waals surface area contributed by atoms with Gasteiger partial charge in [-0.1, -0.05) is 53.9 Å². The molecule has 0 aliphatic carbocycles. The number of hydrogen-bond acceptors (Lipinski definition) is 2. The van der Waals surface area contributed by atoms with Gasteiger partial charge >= 0.3 is 0 Å². The van der Waals surface area contributed by atoms with Crippen LogP contribution in [0.3, 0.4) is 0 Å². The van der Waals surface area contributed by atoms with Crippen molar-refractivity contribution >= 4 is 33.5 Å². The molecule has 0 aliphatic rings. The molecule has 4 aromatic rings. The van der Waals surface area contributed by atoms with Crippen LogP contribution >= 0.6 is 11.6 Å². The van der Waals surface area contributed by atoms with Crippen molar-refractivity contribution in [2.45, 2.75) is 0 Å². The summed E-state index contributed by atoms with van der Waals surface area (Å²) in [5.41, 5.74) is 2.36. The van der Waals surface area contributed by atoms with Crippen molar-refractivity contribution in [1.29, 1.82) is 0 Å². The Morgan fingerprint density at radius 2 is 1.77 bits per heavy atom. The summed E-state index contributed by atoms with van der Waals surface area (Å²) >= 11 is 5.95. The number of fused-ring (bicyclic) bond motifs is 2. The van der Waals surface area contributed by atoms with Crippen LogP contribution < -0.4 is 0 Å². The second-order valence-electron chi connectivity index (χ2n) is 4.91. The van der Waals surface area contributed by atoms with Gasteiger partial charge in [-0.25, -0.2) is 4.98 Å². The predicted molar refractivity (Wildman–Crippen MR) is 88.9 cm³/mol. The van der Waals surface area contributed by atoms with Crippen molar-refractivity contribution in [1.82, 2.24) is 4.98 Å². The maximum atomic E-state index is 5.95. The SMILES string of the molecule is Clc1ccc2oc(C#Cc3cccc4ccccc34)nc2c1. The van der Waals surface area contributed by atoms with Crippen molar-refractivity contribution < 1.29 is 4.42 Å². The van der Waals surface area contributed by atoms with Gasteiger partial charge in [0.25, 0.3) is 5.89 Å². The topological polar surface area (TPSA) is 26.0 Å². The molecule has 2 nitrogen and oxygen atoms in total. The first-order valence-electron chi connectivity index (χ1n) is 6.85. The van der Waals surface area contributed by atoms with E-state index in [4.69, 9.17) is 16.0 Å². The predicted octanol–water partition coefficient (Wildman–Crippen LogP) is 5.03. The van der Waals surface area contributed by atoms with Gasteiger partial charge in [-0.05, 0) is 41.0 Å². The molecule has 0 fully saturated rings. The number of benzene rings is 3. The van der Waals surface area contributed by atoms with Crippen LogP contribution in [0.4, 0.5) is 0 Å². The van der Waals surface area contributed by atoms with E-state index < -0.39 is 0 Å². The van der Waals surface area contributed by atoms with Crippen molar-refractivity contribution in [2.24, 2.45) is 0 Å². The summed E-state index contributed by atoms with van der Waals surface area (Å²) < 4.78 is 5.61. The van der Waals surface area contributed by atoms with E-state index in [9.17, 15) is 0 Å². The summed E-state index contributed by atoms with van der Waals surface area (Å²) in [6, 6.07) is 19.6. The summed E-state index contributed by atoms with van der Waals surface area (Å²) in [5.74, 6) is 6.53. The highest BCUT2D eigenvalue weighted by Crippen LogP contribution is 2.20. The molecule has 104 valence electrons. The Balaban J connectivity index is 1.80. The summed E-state index contributed by atoms with van der Waals surface area (Å²) in [4.78, 5) is 4.34. The lowest BCUT2D eigenvalue weighted by atomic mass is 10.1. The highest BCUT2D eigenvalue weighted by Gasteiger charge is 2.04. The molecule has 0 saturated carbocycles. The molecule has 4 rings (SSSR count). The first kappa shape index (κ1) is 12.9. The number of rotatable bonds is 0. The van der Waals surface area contributed by atoms with E-state index in [1.807, 2.05) is 24.3 Å². The Morgan fingerprint density at radius 3 is 2.73 bits per heavy atom. The van der Waals surface area contributed by atoms with Gasteiger partial charge in [0.2, 0.25) is 0 Å². The van der Waals surface area contributed by atoms with E-state index in [0.29, 0.717) is 16.5 Å². The third kappa shape index (κ3) is 2.32. The van der Waals surface area contributed by atoms with Crippen LogP contribution in [-0.2, 0) is 0 Å². The molecule has 3 aromatic carbocycles. The molecule has 0 unspecified atom stereocenters. The first-order chi connectivity index (χ1) is 10.8. The third-order valence-corrected chi connectivity index (χ3v) is 3.68. The van der Waals surface area contributed by atoms with Gasteiger partial charge in [0.1, 0.15) is 5.52 Å². The summed E-state index contributed by atoms with van der Waals surface area (Å²) in [6.07, 6.45) is 0. The molecule has 1 heterocycles. The van der Waals surface area contributed by atoms with Crippen LogP contribution in [-0.4, -0.2) is 4.98 Å². The quantitative estimate of drug-likeness (QED) is 0.426. The molecule has 0 amide bonds. The molecular weight excluding hydrogens is 294 g/mol. The molecule has 0 radical (unpaired) electrons. The first-order valence-corrected chi connectivity index (χ1v) is 7.23. The number of halogens is 1. The molecule has 0 spiro atoms. The zero-order chi connectivity index (χ0) is 14.9. The summed E-state index contributed by atoms with van der Waals surface area (Å²) in [7, 11) is 0. The second kappa shape index (κ2) is 5.22. The summed E-state index contributed by atoms with van der Waals surface area (Å²) in [6.45, 7) is 0. The van der Waals surface area contributed by atoms with Crippen LogP contribution in [0, 0.1) is 11.8 Å². The van der Waals surface area contributed by atoms with Gasteiger partial charge in [-0.15, -0.1) is 0 Å². The van der Waals surface area contributed by atoms with Gasteiger partial charge in [0.05, 0.1) is 0 Å². The van der Waals surface area contributed by atoms with Gasteiger partial charge < -0.3 is 4.42 Å². The zero-order valence-corrected chi connectivity index (χ0v) is 12.3. The van der Waals surface area contributed by atoms with Crippen LogP contribution in [0.2, 0.25) is 5.02 Å². The van der Waals surface area contributed by atoms with E-state index in [-0.39, 0.29) is 0 Å². The van der Waals surface area contributed by atoms with E-state index >= 15 is 0 Å². The Morgan fingerprint density at radius 1 is 0.909 bits per heavy atom. The molecule has 3 heteroatoms. The Bertz CT molecular complexity index is 1050. The van der Waals surface area contributed by atoms with Crippen LogP contribution in [0.1, 0.15) is 11.5 Å². The highest BCUT2D eigenvalue weighted by molar-refractivity contribution is 6.31. The van der Waals surface area contributed by atoms with E-state index in [2.05, 4.69) is 35.0 Å². The van der Waals surface area contributed by atoms with Crippen LogP contribution in [0.15, 0.2) is 65.1 Å². The van der Waals surface area contributed by atoms with Crippen LogP contribution in [0.25, 0.3) is 21.9 Å². The second-order valence-corrected chi connectivity index (χ2v) is 5.34. The Labute approximate surface area is 132 Å². The lowest BCUT2D eigenvalue weighted by molar-refractivity contribution is 0.586. The largest absolute Gasteiger partial charge is 0.430 e. The van der Waals surface area contributed by atoms with Gasteiger partial charge in [-0.2, -0.15) is 0 Å². The molecule has 0 N–H and O–H groups in total. The lowest BCUT2D eigenvalue weighted by Gasteiger charge is -1.98. The minimum absolute atomic E-state index is 0.394. The minimum Gasteiger partial charge on any atom is -0.430 e.